The van der Waals surface area contributed by atoms with Crippen LogP contribution in [0, 0.1) is 12.8 Å². The van der Waals surface area contributed by atoms with E-state index >= 15 is 0 Å². The number of sulfonamides is 1. The number of anilines is 1. The van der Waals surface area contributed by atoms with Gasteiger partial charge in [0, 0.05) is 19.6 Å². The summed E-state index contributed by atoms with van der Waals surface area (Å²) < 4.78 is 35.0. The zero-order valence-corrected chi connectivity index (χ0v) is 24.1. The molecule has 1 aromatic carbocycles. The molecule has 0 radical (unpaired) electrons. The van der Waals surface area contributed by atoms with Gasteiger partial charge >= 0.3 is 0 Å². The quantitative estimate of drug-likeness (QED) is 0.370. The third-order valence-corrected chi connectivity index (χ3v) is 11.0. The van der Waals surface area contributed by atoms with Crippen LogP contribution in [0.2, 0.25) is 4.34 Å². The van der Waals surface area contributed by atoms with Crippen molar-refractivity contribution in [2.75, 3.05) is 52.3 Å². The van der Waals surface area contributed by atoms with Crippen LogP contribution in [0.3, 0.4) is 0 Å². The number of rotatable bonds is 9. The SMILES string of the molecule is COc1ccc(C)c2sc(N(CCCN(C)C)C(=O)C3CCCN(S(=O)(=O)c4ccc(Cl)s4)C3)nc12. The number of halogens is 1. The molecular formula is C24H31ClN4O4S3. The molecule has 1 unspecified atom stereocenters. The lowest BCUT2D eigenvalue weighted by Gasteiger charge is -2.33. The molecule has 0 saturated carbocycles. The number of aromatic nitrogens is 1. The number of aryl methyl sites for hydroxylation is 1. The Hall–Kier alpha value is -1.76. The Kier molecular flexibility index (Phi) is 8.58. The van der Waals surface area contributed by atoms with E-state index in [1.807, 2.05) is 33.2 Å². The molecule has 0 spiro atoms. The summed E-state index contributed by atoms with van der Waals surface area (Å²) in [5.74, 6) is 0.134. The Bertz CT molecular complexity index is 1340. The number of fused-ring (bicyclic) bond motifs is 1. The van der Waals surface area contributed by atoms with E-state index in [2.05, 4.69) is 4.90 Å². The van der Waals surface area contributed by atoms with E-state index in [0.29, 0.717) is 41.1 Å². The van der Waals surface area contributed by atoms with Gasteiger partial charge in [0.2, 0.25) is 5.91 Å². The minimum Gasteiger partial charge on any atom is -0.494 e. The first-order valence-corrected chi connectivity index (χ1v) is 15.2. The summed E-state index contributed by atoms with van der Waals surface area (Å²) in [6.07, 6.45) is 2.02. The Morgan fingerprint density at radius 3 is 2.67 bits per heavy atom. The van der Waals surface area contributed by atoms with Gasteiger partial charge in [0.05, 0.1) is 22.1 Å². The average molecular weight is 571 g/mol. The summed E-state index contributed by atoms with van der Waals surface area (Å²) in [6, 6.07) is 6.99. The van der Waals surface area contributed by atoms with E-state index in [4.69, 9.17) is 21.3 Å². The van der Waals surface area contributed by atoms with Gasteiger partial charge in [-0.05, 0) is 70.6 Å². The number of carbonyl (C=O) groups excluding carboxylic acids is 1. The van der Waals surface area contributed by atoms with Crippen LogP contribution in [-0.4, -0.2) is 75.9 Å². The summed E-state index contributed by atoms with van der Waals surface area (Å²) in [7, 11) is 1.91. The Morgan fingerprint density at radius 2 is 2.00 bits per heavy atom. The molecule has 196 valence electrons. The smallest absolute Gasteiger partial charge is 0.252 e. The predicted octanol–water partition coefficient (Wildman–Crippen LogP) is 4.71. The number of ether oxygens (including phenoxy) is 1. The van der Waals surface area contributed by atoms with Gasteiger partial charge in [-0.15, -0.1) is 11.3 Å². The lowest BCUT2D eigenvalue weighted by Crippen LogP contribution is -2.47. The molecule has 36 heavy (non-hydrogen) atoms. The molecule has 1 fully saturated rings. The Morgan fingerprint density at radius 1 is 1.22 bits per heavy atom. The van der Waals surface area contributed by atoms with E-state index in [0.717, 1.165) is 40.1 Å². The molecule has 12 heteroatoms. The molecule has 4 rings (SSSR count). The van der Waals surface area contributed by atoms with Crippen LogP contribution in [0.15, 0.2) is 28.5 Å². The van der Waals surface area contributed by atoms with Crippen molar-refractivity contribution in [2.45, 2.75) is 30.4 Å². The molecule has 2 aromatic heterocycles. The third kappa shape index (κ3) is 5.71. The highest BCUT2D eigenvalue weighted by atomic mass is 35.5. The van der Waals surface area contributed by atoms with Gasteiger partial charge < -0.3 is 9.64 Å². The number of hydrogen-bond acceptors (Lipinski definition) is 8. The van der Waals surface area contributed by atoms with Crippen LogP contribution in [0.5, 0.6) is 5.75 Å². The summed E-state index contributed by atoms with van der Waals surface area (Å²) in [5, 5.41) is 0.617. The molecule has 0 aliphatic carbocycles. The first kappa shape index (κ1) is 27.3. The van der Waals surface area contributed by atoms with Crippen LogP contribution in [0.25, 0.3) is 10.2 Å². The van der Waals surface area contributed by atoms with Crippen molar-refractivity contribution in [1.29, 1.82) is 0 Å². The molecule has 0 N–H and O–H groups in total. The van der Waals surface area contributed by atoms with Gasteiger partial charge in [0.1, 0.15) is 15.5 Å². The van der Waals surface area contributed by atoms with Crippen LogP contribution in [0.1, 0.15) is 24.8 Å². The van der Waals surface area contributed by atoms with E-state index in [1.165, 1.54) is 21.7 Å². The van der Waals surface area contributed by atoms with Crippen molar-refractivity contribution in [1.82, 2.24) is 14.2 Å². The van der Waals surface area contributed by atoms with Crippen molar-refractivity contribution in [3.8, 4) is 5.75 Å². The minimum atomic E-state index is -3.70. The minimum absolute atomic E-state index is 0.0893. The monoisotopic (exact) mass is 570 g/mol. The lowest BCUT2D eigenvalue weighted by molar-refractivity contribution is -0.123. The maximum absolute atomic E-state index is 13.9. The van der Waals surface area contributed by atoms with E-state index in [-0.39, 0.29) is 16.7 Å². The standard InChI is InChI=1S/C24H31ClN4O4S3/c1-16-8-9-18(33-4)21-22(16)35-24(26-21)29(14-6-12-27(2)3)23(30)17-7-5-13-28(15-17)36(31,32)20-11-10-19(25)34-20/h8-11,17H,5-7,12-15H2,1-4H3. The van der Waals surface area contributed by atoms with Gasteiger partial charge in [-0.1, -0.05) is 29.0 Å². The molecular weight excluding hydrogens is 540 g/mol. The fourth-order valence-corrected chi connectivity index (χ4v) is 8.61. The fraction of sp³-hybridized carbons (Fsp3) is 0.500. The highest BCUT2D eigenvalue weighted by Gasteiger charge is 2.36. The molecule has 1 atom stereocenters. The number of methoxy groups -OCH3 is 1. The van der Waals surface area contributed by atoms with E-state index < -0.39 is 15.9 Å². The Labute approximate surface area is 225 Å². The second-order valence-electron chi connectivity index (χ2n) is 9.17. The van der Waals surface area contributed by atoms with Gasteiger partial charge in [-0.3, -0.25) is 9.69 Å². The van der Waals surface area contributed by atoms with Crippen molar-refractivity contribution >= 4 is 65.6 Å². The second-order valence-corrected chi connectivity index (χ2v) is 14.0. The van der Waals surface area contributed by atoms with Crippen molar-refractivity contribution in [2.24, 2.45) is 5.92 Å². The maximum Gasteiger partial charge on any atom is 0.252 e. The normalized spacial score (nSPS) is 17.1. The van der Waals surface area contributed by atoms with Gasteiger partial charge in [-0.25, -0.2) is 13.4 Å². The van der Waals surface area contributed by atoms with Crippen LogP contribution >= 0.6 is 34.3 Å². The number of carbonyl (C=O) groups is 1. The first-order valence-electron chi connectivity index (χ1n) is 11.8. The van der Waals surface area contributed by atoms with Crippen molar-refractivity contribution in [3.05, 3.63) is 34.2 Å². The largest absolute Gasteiger partial charge is 0.494 e. The third-order valence-electron chi connectivity index (χ3n) is 6.27. The molecule has 1 aliphatic heterocycles. The predicted molar refractivity (Wildman–Crippen MR) is 147 cm³/mol. The van der Waals surface area contributed by atoms with Gasteiger partial charge in [0.25, 0.3) is 10.0 Å². The molecule has 8 nitrogen and oxygen atoms in total. The molecule has 1 saturated heterocycles. The fourth-order valence-electron chi connectivity index (χ4n) is 4.37. The van der Waals surface area contributed by atoms with Crippen LogP contribution in [0.4, 0.5) is 5.13 Å². The number of piperidine rings is 1. The molecule has 0 bridgehead atoms. The van der Waals surface area contributed by atoms with Crippen LogP contribution < -0.4 is 9.64 Å². The van der Waals surface area contributed by atoms with Crippen molar-refractivity contribution in [3.63, 3.8) is 0 Å². The number of thiophene rings is 1. The average Bonchev–Trinajstić information content (AvgIpc) is 3.49. The zero-order chi connectivity index (χ0) is 26.0. The molecule has 1 amide bonds. The lowest BCUT2D eigenvalue weighted by atomic mass is 9.98. The highest BCUT2D eigenvalue weighted by Crippen LogP contribution is 2.38. The van der Waals surface area contributed by atoms with E-state index in [1.54, 1.807) is 18.1 Å². The number of benzene rings is 1. The molecule has 3 heterocycles. The first-order chi connectivity index (χ1) is 17.1. The second kappa shape index (κ2) is 11.3. The molecule has 1 aliphatic rings. The summed E-state index contributed by atoms with van der Waals surface area (Å²) in [6.45, 7) is 3.87. The summed E-state index contributed by atoms with van der Waals surface area (Å²) >= 11 is 8.50. The van der Waals surface area contributed by atoms with Crippen LogP contribution in [-0.2, 0) is 14.8 Å². The highest BCUT2D eigenvalue weighted by molar-refractivity contribution is 7.91. The number of nitrogens with zero attached hydrogens (tertiary/aromatic N) is 4. The number of hydrogen-bond donors (Lipinski definition) is 0. The molecule has 3 aromatic rings. The number of thiazole rings is 1. The topological polar surface area (TPSA) is 83.0 Å². The van der Waals surface area contributed by atoms with Crippen molar-refractivity contribution < 1.29 is 17.9 Å². The maximum atomic E-state index is 13.9. The van der Waals surface area contributed by atoms with E-state index in [9.17, 15) is 13.2 Å². The number of amides is 1. The summed E-state index contributed by atoms with van der Waals surface area (Å²) in [4.78, 5) is 22.6. The summed E-state index contributed by atoms with van der Waals surface area (Å²) in [5.41, 5.74) is 1.81. The Balaban J connectivity index is 1.63. The zero-order valence-electron chi connectivity index (χ0n) is 20.9. The van der Waals surface area contributed by atoms with Gasteiger partial charge in [0.15, 0.2) is 5.13 Å². The van der Waals surface area contributed by atoms with Gasteiger partial charge in [-0.2, -0.15) is 4.31 Å².